The van der Waals surface area contributed by atoms with E-state index in [0.29, 0.717) is 6.54 Å². The zero-order chi connectivity index (χ0) is 19.2. The number of anilines is 1. The van der Waals surface area contributed by atoms with Crippen molar-refractivity contribution in [3.8, 4) is 0 Å². The number of nitrogens with one attached hydrogen (secondary N) is 1. The van der Waals surface area contributed by atoms with Gasteiger partial charge in [-0.05, 0) is 30.8 Å². The van der Waals surface area contributed by atoms with Crippen molar-refractivity contribution in [1.29, 1.82) is 0 Å². The lowest BCUT2D eigenvalue weighted by molar-refractivity contribution is 0.312. The van der Waals surface area contributed by atoms with Crippen molar-refractivity contribution >= 4 is 11.8 Å². The molecule has 2 aromatic rings. The van der Waals surface area contributed by atoms with Crippen LogP contribution in [-0.2, 0) is 20.1 Å². The van der Waals surface area contributed by atoms with Crippen molar-refractivity contribution < 1.29 is 0 Å². The number of aromatic nitrogens is 2. The number of likely N-dealkylation sites (N-methyl/N-ethyl adjacent to an activating group) is 1. The average molecular weight is 370 g/mol. The zero-order valence-electron chi connectivity index (χ0n) is 16.9. The van der Waals surface area contributed by atoms with E-state index < -0.39 is 0 Å². The third-order valence-electron chi connectivity index (χ3n) is 5.11. The highest BCUT2D eigenvalue weighted by molar-refractivity contribution is 5.79. The summed E-state index contributed by atoms with van der Waals surface area (Å²) in [7, 11) is 8.10. The molecule has 7 nitrogen and oxygen atoms in total. The molecule has 0 aromatic carbocycles. The highest BCUT2D eigenvalue weighted by Gasteiger charge is 2.15. The van der Waals surface area contributed by atoms with Gasteiger partial charge < -0.3 is 24.6 Å². The second-order valence-corrected chi connectivity index (χ2v) is 7.18. The number of nitrogens with zero attached hydrogens (tertiary/aromatic N) is 6. The van der Waals surface area contributed by atoms with Crippen LogP contribution >= 0.6 is 0 Å². The Morgan fingerprint density at radius 2 is 1.96 bits per heavy atom. The summed E-state index contributed by atoms with van der Waals surface area (Å²) in [5.41, 5.74) is 2.40. The molecule has 2 aromatic heterocycles. The molecule has 0 amide bonds. The van der Waals surface area contributed by atoms with Gasteiger partial charge in [0.25, 0.3) is 0 Å². The van der Waals surface area contributed by atoms with Crippen LogP contribution in [0.5, 0.6) is 0 Å². The molecule has 0 atom stereocenters. The van der Waals surface area contributed by atoms with Gasteiger partial charge in [-0.1, -0.05) is 6.07 Å². The van der Waals surface area contributed by atoms with Crippen LogP contribution < -0.4 is 10.2 Å². The Bertz CT molecular complexity index is 742. The Morgan fingerprint density at radius 3 is 2.56 bits per heavy atom. The number of aryl methyl sites for hydroxylation is 1. The Balaban J connectivity index is 1.53. The normalized spacial score (nSPS) is 15.9. The molecule has 3 rings (SSSR count). The highest BCUT2D eigenvalue weighted by atomic mass is 15.3. The number of hydrogen-bond donors (Lipinski definition) is 1. The van der Waals surface area contributed by atoms with Crippen LogP contribution in [0, 0.1) is 0 Å². The summed E-state index contributed by atoms with van der Waals surface area (Å²) in [6.45, 7) is 5.78. The van der Waals surface area contributed by atoms with Gasteiger partial charge in [0.15, 0.2) is 5.96 Å². The second-order valence-electron chi connectivity index (χ2n) is 7.18. The second kappa shape index (κ2) is 8.90. The standard InChI is InChI=1S/C20H31N7/c1-21-20(26(4)16-18-6-5-9-25(18)3)23-15-17-7-8-19(22-14-17)27-12-10-24(2)11-13-27/h5-9,14H,10-13,15-16H2,1-4H3,(H,21,23). The first kappa shape index (κ1) is 19.2. The molecule has 0 bridgehead atoms. The summed E-state index contributed by atoms with van der Waals surface area (Å²) < 4.78 is 2.13. The van der Waals surface area contributed by atoms with Crippen molar-refractivity contribution in [1.82, 2.24) is 24.7 Å². The number of hydrogen-bond acceptors (Lipinski definition) is 4. The summed E-state index contributed by atoms with van der Waals surface area (Å²) in [5, 5.41) is 3.43. The molecule has 0 unspecified atom stereocenters. The Hall–Kier alpha value is -2.54. The Kier molecular flexibility index (Phi) is 6.34. The fraction of sp³-hybridized carbons (Fsp3) is 0.500. The first-order valence-electron chi connectivity index (χ1n) is 9.47. The molecule has 0 saturated carbocycles. The van der Waals surface area contributed by atoms with Crippen LogP contribution in [0.2, 0.25) is 0 Å². The molecule has 0 radical (unpaired) electrons. The maximum absolute atomic E-state index is 4.66. The van der Waals surface area contributed by atoms with Gasteiger partial charge in [-0.15, -0.1) is 0 Å². The van der Waals surface area contributed by atoms with Crippen LogP contribution in [-0.4, -0.2) is 72.6 Å². The molecule has 3 heterocycles. The number of pyridine rings is 1. The van der Waals surface area contributed by atoms with Crippen molar-refractivity contribution in [3.05, 3.63) is 47.9 Å². The van der Waals surface area contributed by atoms with E-state index in [1.54, 1.807) is 0 Å². The zero-order valence-corrected chi connectivity index (χ0v) is 16.9. The largest absolute Gasteiger partial charge is 0.354 e. The molecule has 1 N–H and O–H groups in total. The van der Waals surface area contributed by atoms with E-state index in [-0.39, 0.29) is 0 Å². The van der Waals surface area contributed by atoms with Gasteiger partial charge in [0.05, 0.1) is 6.54 Å². The van der Waals surface area contributed by atoms with E-state index in [9.17, 15) is 0 Å². The fourth-order valence-electron chi connectivity index (χ4n) is 3.29. The lowest BCUT2D eigenvalue weighted by atomic mass is 10.2. The number of guanidine groups is 1. The molecule has 1 fully saturated rings. The average Bonchev–Trinajstić information content (AvgIpc) is 3.08. The summed E-state index contributed by atoms with van der Waals surface area (Å²) in [6, 6.07) is 8.47. The third kappa shape index (κ3) is 5.01. The Labute approximate surface area is 162 Å². The summed E-state index contributed by atoms with van der Waals surface area (Å²) >= 11 is 0. The van der Waals surface area contributed by atoms with Crippen LogP contribution in [0.3, 0.4) is 0 Å². The minimum Gasteiger partial charge on any atom is -0.354 e. The maximum atomic E-state index is 4.66. The van der Waals surface area contributed by atoms with Gasteiger partial charge in [-0.25, -0.2) is 4.98 Å². The van der Waals surface area contributed by atoms with Gasteiger partial charge in [0.1, 0.15) is 5.82 Å². The van der Waals surface area contributed by atoms with Gasteiger partial charge in [0.2, 0.25) is 0 Å². The molecule has 146 valence electrons. The van der Waals surface area contributed by atoms with E-state index in [2.05, 4.69) is 86.2 Å². The molecule has 1 saturated heterocycles. The number of rotatable bonds is 5. The van der Waals surface area contributed by atoms with Gasteiger partial charge in [0, 0.05) is 72.0 Å². The predicted octanol–water partition coefficient (Wildman–Crippen LogP) is 1.38. The molecule has 27 heavy (non-hydrogen) atoms. The summed E-state index contributed by atoms with van der Waals surface area (Å²) in [5.74, 6) is 1.94. The SMILES string of the molecule is CN=C(NCc1ccc(N2CCN(C)CC2)nc1)N(C)Cc1cccn1C. The van der Waals surface area contributed by atoms with Crippen LogP contribution in [0.15, 0.2) is 41.7 Å². The first-order chi connectivity index (χ1) is 13.1. The smallest absolute Gasteiger partial charge is 0.194 e. The van der Waals surface area contributed by atoms with E-state index in [0.717, 1.165) is 50.1 Å². The monoisotopic (exact) mass is 369 g/mol. The molecule has 0 spiro atoms. The topological polar surface area (TPSA) is 51.9 Å². The summed E-state index contributed by atoms with van der Waals surface area (Å²) in [4.78, 5) is 15.9. The van der Waals surface area contributed by atoms with Crippen LogP contribution in [0.1, 0.15) is 11.3 Å². The predicted molar refractivity (Wildman–Crippen MR) is 111 cm³/mol. The van der Waals surface area contributed by atoms with Gasteiger partial charge in [-0.3, -0.25) is 4.99 Å². The minimum absolute atomic E-state index is 0.709. The lowest BCUT2D eigenvalue weighted by Crippen LogP contribution is -2.44. The quantitative estimate of drug-likeness (QED) is 0.637. The maximum Gasteiger partial charge on any atom is 0.194 e. The molecule has 7 heteroatoms. The Morgan fingerprint density at radius 1 is 1.19 bits per heavy atom. The van der Waals surface area contributed by atoms with E-state index in [1.165, 1.54) is 5.69 Å². The highest BCUT2D eigenvalue weighted by Crippen LogP contribution is 2.13. The fourth-order valence-corrected chi connectivity index (χ4v) is 3.29. The van der Waals surface area contributed by atoms with Crippen LogP contribution in [0.4, 0.5) is 5.82 Å². The van der Waals surface area contributed by atoms with Crippen molar-refractivity contribution in [2.24, 2.45) is 12.0 Å². The number of aliphatic imine (C=N–C) groups is 1. The lowest BCUT2D eigenvalue weighted by Gasteiger charge is -2.33. The minimum atomic E-state index is 0.709. The van der Waals surface area contributed by atoms with E-state index >= 15 is 0 Å². The van der Waals surface area contributed by atoms with Crippen molar-refractivity contribution in [3.63, 3.8) is 0 Å². The van der Waals surface area contributed by atoms with Gasteiger partial charge in [-0.2, -0.15) is 0 Å². The van der Waals surface area contributed by atoms with Crippen molar-refractivity contribution in [2.45, 2.75) is 13.1 Å². The van der Waals surface area contributed by atoms with Crippen LogP contribution in [0.25, 0.3) is 0 Å². The number of piperazine rings is 1. The molecule has 0 aliphatic carbocycles. The molecule has 1 aliphatic heterocycles. The van der Waals surface area contributed by atoms with Gasteiger partial charge >= 0.3 is 0 Å². The first-order valence-corrected chi connectivity index (χ1v) is 9.47. The third-order valence-corrected chi connectivity index (χ3v) is 5.11. The molecule has 1 aliphatic rings. The van der Waals surface area contributed by atoms with E-state index in [4.69, 9.17) is 0 Å². The molecular weight excluding hydrogens is 338 g/mol. The molecular formula is C20H31N7. The van der Waals surface area contributed by atoms with E-state index in [1.807, 2.05) is 13.2 Å². The summed E-state index contributed by atoms with van der Waals surface area (Å²) in [6.07, 6.45) is 4.03. The van der Waals surface area contributed by atoms with Crippen molar-refractivity contribution in [2.75, 3.05) is 52.2 Å².